The molecule has 12 nitrogen and oxygen atoms in total. The molecule has 0 aliphatic heterocycles. The molecule has 0 fully saturated rings. The van der Waals surface area contributed by atoms with Crippen LogP contribution in [0.5, 0.6) is 0 Å². The molecule has 12 heteroatoms. The molecule has 0 aliphatic carbocycles. The lowest BCUT2D eigenvalue weighted by atomic mass is 10.2. The van der Waals surface area contributed by atoms with Crippen LogP contribution in [0.2, 0.25) is 0 Å². The third-order valence-electron chi connectivity index (χ3n) is 1.94. The van der Waals surface area contributed by atoms with Gasteiger partial charge in [-0.1, -0.05) is 26.3 Å². The molecule has 0 aromatic rings. The van der Waals surface area contributed by atoms with Gasteiger partial charge < -0.3 is 29.3 Å². The van der Waals surface area contributed by atoms with Crippen molar-refractivity contribution in [3.8, 4) is 0 Å². The zero-order valence-corrected chi connectivity index (χ0v) is 20.1. The lowest BCUT2D eigenvalue weighted by Crippen LogP contribution is -2.16. The summed E-state index contributed by atoms with van der Waals surface area (Å²) in [6.07, 6.45) is -2.68. The molecule has 0 saturated carbocycles. The van der Waals surface area contributed by atoms with E-state index in [0.717, 1.165) is 0 Å². The number of ketones is 2. The van der Waals surface area contributed by atoms with Gasteiger partial charge >= 0.3 is 23.9 Å². The van der Waals surface area contributed by atoms with Crippen LogP contribution in [0.25, 0.3) is 1.43 Å². The monoisotopic (exact) mass is 564 g/mol. The van der Waals surface area contributed by atoms with E-state index in [2.05, 4.69) is 40.9 Å². The Hall–Kier alpha value is -4.48. The fourth-order valence-corrected chi connectivity index (χ4v) is 0.649. The van der Waals surface area contributed by atoms with Crippen molar-refractivity contribution < 1.29 is 84.1 Å². The Balaban J connectivity index is -0.000000145. The molecule has 0 aromatic heterocycles. The minimum atomic E-state index is -2.72. The van der Waals surface area contributed by atoms with Gasteiger partial charge in [0, 0.05) is 44.2 Å². The predicted octanol–water partition coefficient (Wildman–Crippen LogP) is 3.09. The number of Topliss-reactive ketones (excluding diaryl/α,β-unsaturated/α-hetero) is 2. The Morgan fingerprint density at radius 1 is 0.842 bits per heavy atom. The molecule has 0 aromatic carbocycles. The Labute approximate surface area is 251 Å². The van der Waals surface area contributed by atoms with Crippen molar-refractivity contribution in [2.45, 2.75) is 54.5 Å². The van der Waals surface area contributed by atoms with Crippen LogP contribution in [-0.4, -0.2) is 71.9 Å². The number of hydrogen-bond acceptors (Lipinski definition) is 11. The molecule has 0 heterocycles. The van der Waals surface area contributed by atoms with Crippen molar-refractivity contribution in [1.82, 2.24) is 0 Å². The second-order valence-electron chi connectivity index (χ2n) is 5.18. The fraction of sp³-hybridized carbons (Fsp3) is 0.385. The van der Waals surface area contributed by atoms with Crippen LogP contribution in [0.15, 0.2) is 48.6 Å². The number of methoxy groups -OCH3 is 1. The van der Waals surface area contributed by atoms with E-state index in [9.17, 15) is 38.4 Å². The van der Waals surface area contributed by atoms with Gasteiger partial charge in [-0.3, -0.25) is 9.59 Å². The van der Waals surface area contributed by atoms with Crippen molar-refractivity contribution in [3.05, 3.63) is 48.6 Å². The van der Waals surface area contributed by atoms with E-state index in [1.165, 1.54) is 6.92 Å². The third kappa shape index (κ3) is 57.9. The van der Waals surface area contributed by atoms with Gasteiger partial charge in [0.1, 0.15) is 21.0 Å². The van der Waals surface area contributed by atoms with Gasteiger partial charge in [0.15, 0.2) is 12.4 Å². The summed E-state index contributed by atoms with van der Waals surface area (Å²) in [5.41, 5.74) is -2.71. The normalized spacial score (nSPS) is 16.8. The highest BCUT2D eigenvalue weighted by Crippen LogP contribution is 1.94. The fourth-order valence-electron chi connectivity index (χ4n) is 0.649. The van der Waals surface area contributed by atoms with E-state index < -0.39 is 119 Å². The largest absolute Gasteiger partial charge is 0.478 e. The highest BCUT2D eigenvalue weighted by atomic mass is 16.5. The number of aliphatic carboxylic acids is 2. The van der Waals surface area contributed by atoms with Gasteiger partial charge in [-0.2, -0.15) is 0 Å². The predicted molar refractivity (Wildman–Crippen MR) is 141 cm³/mol. The maximum atomic E-state index is 11.1. The number of ether oxygens (including phenoxy) is 2. The summed E-state index contributed by atoms with van der Waals surface area (Å²) < 4.78 is 138. The summed E-state index contributed by atoms with van der Waals surface area (Å²) in [5, 5.41) is 11.4. The first-order chi connectivity index (χ1) is 25.5. The second kappa shape index (κ2) is 32.5. The minimum Gasteiger partial charge on any atom is -0.478 e. The summed E-state index contributed by atoms with van der Waals surface area (Å²) in [6.45, 7) is -0.937. The molecular weight excluding hydrogens is 504 g/mol. The summed E-state index contributed by atoms with van der Waals surface area (Å²) in [7, 11) is -0.589. The van der Waals surface area contributed by atoms with Crippen molar-refractivity contribution in [2.75, 3.05) is 13.7 Å². The number of rotatable bonds is 8. The average Bonchev–Trinajstić information content (AvgIpc) is 3.04. The van der Waals surface area contributed by atoms with E-state index in [1.54, 1.807) is 0 Å². The number of esters is 2. The first-order valence-electron chi connectivity index (χ1n) is 18.9. The van der Waals surface area contributed by atoms with Gasteiger partial charge in [-0.15, -0.1) is 0 Å². The van der Waals surface area contributed by atoms with Crippen LogP contribution in [0.4, 0.5) is 0 Å². The van der Waals surface area contributed by atoms with Gasteiger partial charge in [-0.25, -0.2) is 19.2 Å². The maximum Gasteiger partial charge on any atom is 0.333 e. The van der Waals surface area contributed by atoms with Crippen molar-refractivity contribution in [1.29, 1.82) is 1.43 Å². The summed E-state index contributed by atoms with van der Waals surface area (Å²) in [4.78, 5) is 82.2. The van der Waals surface area contributed by atoms with Crippen LogP contribution in [0.1, 0.15) is 80.5 Å². The Morgan fingerprint density at radius 2 is 1.29 bits per heavy atom. The molecule has 0 atom stereocenters. The lowest BCUT2D eigenvalue weighted by molar-refractivity contribution is -0.144. The van der Waals surface area contributed by atoms with Crippen LogP contribution in [0, 0.1) is 0 Å². The first-order valence-corrected chi connectivity index (χ1v) is 8.62. The van der Waals surface area contributed by atoms with E-state index >= 15 is 0 Å². The van der Waals surface area contributed by atoms with Crippen LogP contribution in [0.3, 0.4) is 0 Å². The molecule has 0 spiro atoms. The quantitative estimate of drug-likeness (QED) is 0.189. The van der Waals surface area contributed by atoms with Gasteiger partial charge in [-0.05, 0) is 48.1 Å². The molecule has 0 unspecified atom stereocenters. The van der Waals surface area contributed by atoms with Gasteiger partial charge in [0.25, 0.3) is 1.43 Å². The van der Waals surface area contributed by atoms with Gasteiger partial charge in [0.05, 0.1) is 14.9 Å². The summed E-state index contributed by atoms with van der Waals surface area (Å²) >= 11 is 0. The maximum absolute atomic E-state index is 11.1. The molecule has 0 aliphatic rings. The number of carbonyl (C=O) groups excluding carboxylic acids is 6. The summed E-state index contributed by atoms with van der Waals surface area (Å²) in [5.74, 6) is -5.83. The second-order valence-corrected chi connectivity index (χ2v) is 5.18. The lowest BCUT2D eigenvalue weighted by Gasteiger charge is -2.01. The van der Waals surface area contributed by atoms with Crippen LogP contribution in [-0.2, 0) is 47.8 Å². The number of carbonyl (C=O) groups is 8. The van der Waals surface area contributed by atoms with Crippen molar-refractivity contribution in [2.24, 2.45) is 0 Å². The molecule has 216 valence electrons. The standard InChI is InChI=1S/C9H12O4.C5H8O2.2C4H6O2.2C2H4O/c1-6(2)9(12)13-5-8(11)4-7(3)10;1-4(2)5(6)7-3;2*1-3(2)4(5)6;2*1-2-3/h1,4-5H2,2-3H3;1H2,2-3H3;2*1H2,2H3,(H,5,6);2*2H,1H3/i2D3;2D3,3D;2*2D3;1D3,2D;1D,2D/hD. The zero-order chi connectivity index (χ0) is 48.4. The van der Waals surface area contributed by atoms with E-state index in [0.29, 0.717) is 0 Å². The molecule has 0 bridgehead atoms. The Bertz CT molecular complexity index is 1470. The Kier molecular flexibility index (Phi) is 13.4. The average molecular weight is 565 g/mol. The molecule has 0 amide bonds. The zero-order valence-electron chi connectivity index (χ0n) is 40.1. The van der Waals surface area contributed by atoms with Crippen molar-refractivity contribution >= 4 is 48.0 Å². The number of carboxylic acid groups (broad SMARTS) is 2. The minimum absolute atomic E-state index is 0.340. The van der Waals surface area contributed by atoms with Crippen LogP contribution >= 0.6 is 0 Å². The summed E-state index contributed by atoms with van der Waals surface area (Å²) in [6, 6.07) is 0. The molecular formula is C26H40O12. The van der Waals surface area contributed by atoms with Gasteiger partial charge in [0.2, 0.25) is 0 Å². The van der Waals surface area contributed by atoms with Crippen LogP contribution < -0.4 is 0 Å². The number of hydrogen-bond donors (Lipinski definition) is 2. The molecule has 0 rings (SSSR count). The molecule has 2 N–H and O–H groups in total. The highest BCUT2D eigenvalue weighted by molar-refractivity contribution is 5.99. The molecule has 0 saturated heterocycles. The topological polar surface area (TPSA) is 195 Å². The highest BCUT2D eigenvalue weighted by Gasteiger charge is 2.09. The number of carboxylic acids is 2. The smallest absolute Gasteiger partial charge is 0.333 e. The molecule has 38 heavy (non-hydrogen) atoms. The van der Waals surface area contributed by atoms with E-state index in [-0.39, 0.29) is 12.2 Å². The SMILES string of the molecule is [2H]C(=O)C([2H])([2H])[2H].[2H]C([2H])([2H])C(=C)C(=O)O.[2H]C([2H])([2H])C(=C)C(=O)OCC(=O)CC(C)=O.[2H]CC([2H])=O.[2H]COC(=O)C(=C)C([2H])([2H])[2H].[2H]OC(=O)C(=C)C([2H])([2H])[2H]. The Morgan fingerprint density at radius 3 is 1.55 bits per heavy atom. The number of aldehydes is 2. The first kappa shape index (κ1) is 15.7. The van der Waals surface area contributed by atoms with E-state index in [4.69, 9.17) is 32.6 Å². The third-order valence-corrected chi connectivity index (χ3v) is 1.94. The molecule has 0 radical (unpaired) electrons. The van der Waals surface area contributed by atoms with Crippen molar-refractivity contribution in [3.63, 3.8) is 0 Å². The van der Waals surface area contributed by atoms with E-state index in [1.807, 2.05) is 0 Å².